The number of rotatable bonds is 1. The van der Waals surface area contributed by atoms with Crippen molar-refractivity contribution in [1.82, 2.24) is 30.0 Å². The first-order chi connectivity index (χ1) is 11.6. The summed E-state index contributed by atoms with van der Waals surface area (Å²) in [6, 6.07) is -1.55. The second-order valence-electron chi connectivity index (χ2n) is 3.00. The highest BCUT2D eigenvalue weighted by Crippen LogP contribution is 2.09. The Morgan fingerprint density at radius 3 is 3.35 bits per heavy atom. The van der Waals surface area contributed by atoms with Crippen LogP contribution in [0.25, 0.3) is 17.0 Å². The molecular weight excluding hydrogens is 220 g/mol. The number of hydrogen-bond donors (Lipinski definition) is 1. The Labute approximate surface area is 106 Å². The summed E-state index contributed by atoms with van der Waals surface area (Å²) in [6.45, 7) is -2.89. The molecule has 84 valence electrons. The Balaban J connectivity index is 2.58. The molecule has 3 aromatic rings. The monoisotopic (exact) mass is 236 g/mol. The molecule has 0 bridgehead atoms. The topological polar surface area (TPSA) is 88.8 Å². The van der Waals surface area contributed by atoms with Gasteiger partial charge in [-0.3, -0.25) is 9.20 Å². The van der Waals surface area contributed by atoms with Crippen molar-refractivity contribution in [3.8, 4) is 11.4 Å². The van der Waals surface area contributed by atoms with Gasteiger partial charge in [-0.2, -0.15) is 0 Å². The van der Waals surface area contributed by atoms with Crippen LogP contribution in [0.2, 0.25) is 1.41 Å². The molecule has 7 heteroatoms. The third-order valence-electron chi connectivity index (χ3n) is 2.02. The van der Waals surface area contributed by atoms with Gasteiger partial charge in [0.15, 0.2) is 7.24 Å². The molecule has 3 heterocycles. The molecule has 0 unspecified atom stereocenters. The molecule has 0 spiro atoms. The summed E-state index contributed by atoms with van der Waals surface area (Å²) in [5, 5.41) is 10.2. The van der Waals surface area contributed by atoms with Gasteiger partial charge in [0.1, 0.15) is 11.2 Å². The van der Waals surface area contributed by atoms with Gasteiger partial charge in [-0.15, -0.1) is 5.10 Å². The highest BCUT2D eigenvalue weighted by molar-refractivity contribution is 5.55. The van der Waals surface area contributed by atoms with Gasteiger partial charge in [0.25, 0.3) is 5.56 Å². The number of aromatic nitrogens is 6. The van der Waals surface area contributed by atoms with Crippen LogP contribution in [0, 0.1) is 6.85 Å². The van der Waals surface area contributed by atoms with Crippen LogP contribution in [0.1, 0.15) is 15.2 Å². The lowest BCUT2D eigenvalue weighted by Gasteiger charge is -2.03. The fourth-order valence-electron chi connectivity index (χ4n) is 1.28. The second-order valence-corrected chi connectivity index (χ2v) is 3.00. The van der Waals surface area contributed by atoms with E-state index in [1.807, 2.05) is 0 Å². The second kappa shape index (κ2) is 3.48. The van der Waals surface area contributed by atoms with Crippen molar-refractivity contribution in [3.05, 3.63) is 40.3 Å². The van der Waals surface area contributed by atoms with Crippen molar-refractivity contribution in [3.63, 3.8) is 0 Å². The summed E-state index contributed by atoms with van der Waals surface area (Å²) in [6.07, 6.45) is -1.48. The Kier molecular flexibility index (Phi) is 0.892. The fraction of sp³-hybridized carbons (Fsp3) is 0.100. The highest BCUT2D eigenvalue weighted by atomic mass is 16.1. The van der Waals surface area contributed by atoms with Crippen LogP contribution in [0.15, 0.2) is 29.2 Å². The molecule has 17 heavy (non-hydrogen) atoms. The number of pyridine rings is 1. The van der Waals surface area contributed by atoms with E-state index < -0.39 is 59.4 Å². The number of hydrogen-bond acceptors (Lipinski definition) is 5. The molecule has 0 aromatic carbocycles. The first-order valence-electron chi connectivity index (χ1n) is 8.32. The van der Waals surface area contributed by atoms with Crippen molar-refractivity contribution < 1.29 is 11.0 Å². The lowest BCUT2D eigenvalue weighted by molar-refractivity contribution is 0.881. The normalized spacial score (nSPS) is 18.4. The molecule has 7 nitrogen and oxygen atoms in total. The summed E-state index contributed by atoms with van der Waals surface area (Å²) in [5.41, 5.74) is -2.91. The van der Waals surface area contributed by atoms with Gasteiger partial charge in [0, 0.05) is 16.5 Å². The van der Waals surface area contributed by atoms with E-state index >= 15 is 0 Å². The Morgan fingerprint density at radius 2 is 2.59 bits per heavy atom. The van der Waals surface area contributed by atoms with Crippen LogP contribution in [0.3, 0.4) is 0 Å². The number of H-pyrrole nitrogens is 1. The minimum atomic E-state index is -2.89. The molecule has 3 aromatic heterocycles. The van der Waals surface area contributed by atoms with Gasteiger partial charge in [-0.1, -0.05) is 6.04 Å². The Hall–Kier alpha value is -2.57. The van der Waals surface area contributed by atoms with Crippen molar-refractivity contribution >= 4 is 5.65 Å². The van der Waals surface area contributed by atoms with Crippen LogP contribution in [-0.2, 0) is 0 Å². The van der Waals surface area contributed by atoms with Crippen molar-refractivity contribution in [2.24, 2.45) is 0 Å². The van der Waals surface area contributed by atoms with Crippen LogP contribution in [0.5, 0.6) is 0 Å². The molecule has 0 amide bonds. The molecule has 3 rings (SSSR count). The maximum atomic E-state index is 12.7. The summed E-state index contributed by atoms with van der Waals surface area (Å²) >= 11 is 0. The maximum Gasteiger partial charge on any atom is 0.269 e. The standard InChI is InChI=1S/C10H8N6O/c1-6-3-2-4-16-9(6)11-5-7(10(16)17)8-12-14-15-13-8/h2-5H,1H3,(H,12,13,14,15)/i1D3,2D,3D,4D,5D/hD. The molecule has 0 fully saturated rings. The van der Waals surface area contributed by atoms with Gasteiger partial charge in [0.2, 0.25) is 0 Å². The smallest absolute Gasteiger partial charge is 0.268 e. The average molecular weight is 236 g/mol. The first-order valence-corrected chi connectivity index (χ1v) is 4.37. The summed E-state index contributed by atoms with van der Waals surface area (Å²) in [5.74, 6) is -0.423. The zero-order valence-electron chi connectivity index (χ0n) is 16.1. The minimum Gasteiger partial charge on any atom is -0.268 e. The van der Waals surface area contributed by atoms with E-state index in [9.17, 15) is 4.79 Å². The number of aromatic amines is 1. The largest absolute Gasteiger partial charge is 0.269 e. The van der Waals surface area contributed by atoms with Gasteiger partial charge in [-0.05, 0) is 28.9 Å². The molecule has 0 aliphatic heterocycles. The number of aryl methyl sites for hydroxylation is 1. The quantitative estimate of drug-likeness (QED) is 0.651. The summed E-state index contributed by atoms with van der Waals surface area (Å²) < 4.78 is 61.8. The van der Waals surface area contributed by atoms with Crippen LogP contribution in [0.4, 0.5) is 0 Å². The predicted octanol–water partition coefficient (Wildman–Crippen LogP) is 0.183. The summed E-state index contributed by atoms with van der Waals surface area (Å²) in [7, 11) is 0. The zero-order valence-corrected chi connectivity index (χ0v) is 8.09. The molecule has 0 atom stereocenters. The molecule has 1 N–H and O–H groups in total. The van der Waals surface area contributed by atoms with Gasteiger partial charge < -0.3 is 0 Å². The molecule has 0 saturated heterocycles. The Morgan fingerprint density at radius 1 is 1.65 bits per heavy atom. The lowest BCUT2D eigenvalue weighted by atomic mass is 10.2. The molecular formula is C10H8N6O. The van der Waals surface area contributed by atoms with Crippen molar-refractivity contribution in [1.29, 1.82) is 0 Å². The van der Waals surface area contributed by atoms with E-state index in [4.69, 9.17) is 11.0 Å². The Bertz CT molecular complexity index is 1070. The lowest BCUT2D eigenvalue weighted by Crippen LogP contribution is -2.17. The minimum absolute atomic E-state index is 0.373. The molecule has 0 radical (unpaired) electrons. The first kappa shape index (κ1) is 4.36. The van der Waals surface area contributed by atoms with Gasteiger partial charge in [0.05, 0.1) is 5.48 Å². The van der Waals surface area contributed by atoms with E-state index in [1.165, 1.54) is 0 Å². The molecule has 0 aliphatic carbocycles. The SMILES string of the molecule is [2H]c1nc2c(C([2H])([2H])[2H])c([2H])c([2H])c([2H])n2c(=O)c1-c1nnnn1[2H]. The molecule has 0 saturated carbocycles. The highest BCUT2D eigenvalue weighted by Gasteiger charge is 2.10. The third kappa shape index (κ3) is 1.40. The maximum absolute atomic E-state index is 12.7. The van der Waals surface area contributed by atoms with Crippen LogP contribution < -0.4 is 5.56 Å². The van der Waals surface area contributed by atoms with Gasteiger partial charge >= 0.3 is 0 Å². The van der Waals surface area contributed by atoms with E-state index in [0.717, 1.165) is 0 Å². The van der Waals surface area contributed by atoms with Crippen LogP contribution in [-0.4, -0.2) is 30.0 Å². The number of tetrazole rings is 1. The predicted molar refractivity (Wildman–Crippen MR) is 59.4 cm³/mol. The van der Waals surface area contributed by atoms with Gasteiger partial charge in [-0.25, -0.2) is 10.1 Å². The fourth-order valence-corrected chi connectivity index (χ4v) is 1.28. The average Bonchev–Trinajstić information content (AvgIpc) is 2.89. The number of fused-ring (bicyclic) bond motifs is 1. The van der Waals surface area contributed by atoms with Crippen LogP contribution >= 0.6 is 0 Å². The summed E-state index contributed by atoms with van der Waals surface area (Å²) in [4.78, 5) is 16.4. The van der Waals surface area contributed by atoms with E-state index in [1.54, 1.807) is 0 Å². The zero-order chi connectivity index (χ0) is 18.7. The van der Waals surface area contributed by atoms with Crippen molar-refractivity contribution in [2.75, 3.05) is 0 Å². The van der Waals surface area contributed by atoms with E-state index in [0.29, 0.717) is 9.49 Å². The van der Waals surface area contributed by atoms with Crippen molar-refractivity contribution in [2.45, 2.75) is 6.85 Å². The van der Waals surface area contributed by atoms with E-state index in [-0.39, 0.29) is 0 Å². The third-order valence-corrected chi connectivity index (χ3v) is 2.02. The number of nitrogens with zero attached hydrogens (tertiary/aromatic N) is 5. The number of nitrogens with one attached hydrogen (secondary N) is 1. The molecule has 0 aliphatic rings. The van der Waals surface area contributed by atoms with E-state index in [2.05, 4.69) is 20.5 Å².